The first kappa shape index (κ1) is 11.8. The van der Waals surface area contributed by atoms with Gasteiger partial charge in [-0.15, -0.1) is 0 Å². The van der Waals surface area contributed by atoms with E-state index in [1.54, 1.807) is 13.0 Å². The van der Waals surface area contributed by atoms with Crippen LogP contribution in [0.25, 0.3) is 0 Å². The Kier molecular flexibility index (Phi) is 4.41. The Labute approximate surface area is 91.8 Å². The third-order valence-electron chi connectivity index (χ3n) is 2.47. The van der Waals surface area contributed by atoms with Gasteiger partial charge in [0.15, 0.2) is 5.78 Å². The van der Waals surface area contributed by atoms with Crippen LogP contribution in [0.5, 0.6) is 5.75 Å². The second kappa shape index (κ2) is 5.59. The largest absolute Gasteiger partial charge is 0.560 e. The van der Waals surface area contributed by atoms with Crippen LogP contribution in [-0.4, -0.2) is 12.7 Å². The maximum atomic E-state index is 11.3. The highest BCUT2D eigenvalue weighted by atomic mass is 16.4. The Hall–Kier alpha value is -1.25. The van der Waals surface area contributed by atoms with Gasteiger partial charge in [-0.2, -0.15) is 0 Å². The fourth-order valence-corrected chi connectivity index (χ4v) is 1.50. The lowest BCUT2D eigenvalue weighted by molar-refractivity contribution is 0.101. The van der Waals surface area contributed by atoms with Crippen molar-refractivity contribution in [3.05, 3.63) is 29.8 Å². The molecule has 1 aromatic rings. The zero-order valence-corrected chi connectivity index (χ0v) is 9.62. The van der Waals surface area contributed by atoms with Gasteiger partial charge in [-0.05, 0) is 31.7 Å². The molecule has 0 aliphatic heterocycles. The molecule has 1 rings (SSSR count). The summed E-state index contributed by atoms with van der Waals surface area (Å²) in [6, 6.07) is 7.41. The minimum Gasteiger partial charge on any atom is -0.560 e. The average molecular weight is 204 g/mol. The zero-order chi connectivity index (χ0) is 11.3. The lowest BCUT2D eigenvalue weighted by Crippen LogP contribution is -2.20. The predicted molar refractivity (Wildman–Crippen MR) is 63.8 cm³/mol. The minimum atomic E-state index is 0.0524. The van der Waals surface area contributed by atoms with E-state index >= 15 is 0 Å². The van der Waals surface area contributed by atoms with E-state index < -0.39 is 0 Å². The normalized spacial score (nSPS) is 9.80. The van der Waals surface area contributed by atoms with Gasteiger partial charge in [-0.25, -0.2) is 0 Å². The van der Waals surface area contributed by atoms with E-state index in [-0.39, 0.29) is 12.7 Å². The summed E-state index contributed by atoms with van der Waals surface area (Å²) in [4.78, 5) is 11.3. The molecule has 1 aromatic carbocycles. The second-order valence-corrected chi connectivity index (χ2v) is 3.61. The third kappa shape index (κ3) is 3.12. The maximum absolute atomic E-state index is 11.3. The molecule has 0 radical (unpaired) electrons. The molecule has 0 aliphatic rings. The fraction of sp³-hybridized carbons (Fsp3) is 0.417. The van der Waals surface area contributed by atoms with Crippen LogP contribution in [0, 0.1) is 0 Å². The number of ketones is 1. The molecule has 0 spiro atoms. The highest BCUT2D eigenvalue weighted by Gasteiger charge is 2.15. The highest BCUT2D eigenvalue weighted by molar-refractivity contribution is 6.52. The van der Waals surface area contributed by atoms with Crippen LogP contribution >= 0.6 is 0 Å². The molecule has 0 atom stereocenters. The summed E-state index contributed by atoms with van der Waals surface area (Å²) in [5.74, 6) is 0.759. The number of benzene rings is 1. The zero-order valence-electron chi connectivity index (χ0n) is 9.62. The smallest absolute Gasteiger partial charge is 0.357 e. The summed E-state index contributed by atoms with van der Waals surface area (Å²) in [5, 5.41) is 0. The number of carbonyl (C=O) groups excluding carboxylic acids is 1. The Bertz CT molecular complexity index is 332. The van der Waals surface area contributed by atoms with Crippen LogP contribution in [0.2, 0.25) is 12.6 Å². The topological polar surface area (TPSA) is 26.3 Å². The van der Waals surface area contributed by atoms with Gasteiger partial charge in [0.2, 0.25) is 0 Å². The number of hydrogen-bond acceptors (Lipinski definition) is 2. The molecule has 80 valence electrons. The molecule has 0 unspecified atom stereocenters. The van der Waals surface area contributed by atoms with E-state index in [1.807, 2.05) is 18.2 Å². The summed E-state index contributed by atoms with van der Waals surface area (Å²) < 4.78 is 5.78. The standard InChI is InChI=1S/C12H17BO2/c1-4-13(5-2)15-12-9-7-6-8-11(12)10(3)14/h6-9H,4-5H2,1-3H3. The summed E-state index contributed by atoms with van der Waals surface area (Å²) in [6.45, 7) is 5.94. The molecule has 0 aliphatic carbocycles. The molecular formula is C12H17BO2. The van der Waals surface area contributed by atoms with E-state index in [9.17, 15) is 4.79 Å². The van der Waals surface area contributed by atoms with Crippen molar-refractivity contribution in [3.8, 4) is 5.75 Å². The molecule has 0 heterocycles. The van der Waals surface area contributed by atoms with E-state index in [4.69, 9.17) is 4.65 Å². The van der Waals surface area contributed by atoms with Crippen LogP contribution in [0.15, 0.2) is 24.3 Å². The molecule has 2 nitrogen and oxygen atoms in total. The van der Waals surface area contributed by atoms with Crippen LogP contribution in [0.4, 0.5) is 0 Å². The predicted octanol–water partition coefficient (Wildman–Crippen LogP) is 3.30. The van der Waals surface area contributed by atoms with Gasteiger partial charge < -0.3 is 4.65 Å². The molecule has 0 bridgehead atoms. The van der Waals surface area contributed by atoms with Gasteiger partial charge in [-0.3, -0.25) is 4.79 Å². The van der Waals surface area contributed by atoms with Crippen LogP contribution < -0.4 is 4.65 Å². The number of hydrogen-bond donors (Lipinski definition) is 0. The molecule has 0 saturated carbocycles. The van der Waals surface area contributed by atoms with Gasteiger partial charge in [0.1, 0.15) is 5.75 Å². The molecule has 0 saturated heterocycles. The van der Waals surface area contributed by atoms with Crippen molar-refractivity contribution in [2.75, 3.05) is 0 Å². The Morgan fingerprint density at radius 1 is 1.27 bits per heavy atom. The average Bonchev–Trinajstić information content (AvgIpc) is 2.26. The molecule has 0 amide bonds. The van der Waals surface area contributed by atoms with E-state index in [2.05, 4.69) is 13.8 Å². The van der Waals surface area contributed by atoms with Crippen molar-refractivity contribution < 1.29 is 9.45 Å². The molecule has 0 aromatic heterocycles. The van der Waals surface area contributed by atoms with E-state index in [0.29, 0.717) is 11.3 Å². The van der Waals surface area contributed by atoms with E-state index in [1.165, 1.54) is 0 Å². The first-order valence-corrected chi connectivity index (χ1v) is 5.45. The molecule has 0 fully saturated rings. The number of Topliss-reactive ketones (excluding diaryl/α,β-unsaturated/α-hetero) is 1. The molecular weight excluding hydrogens is 187 g/mol. The lowest BCUT2D eigenvalue weighted by atomic mass is 9.62. The number of para-hydroxylation sites is 1. The van der Waals surface area contributed by atoms with Crippen molar-refractivity contribution in [3.63, 3.8) is 0 Å². The minimum absolute atomic E-state index is 0.0524. The van der Waals surface area contributed by atoms with Gasteiger partial charge in [0, 0.05) is 0 Å². The summed E-state index contributed by atoms with van der Waals surface area (Å²) in [6.07, 6.45) is 1.92. The fourth-order valence-electron chi connectivity index (χ4n) is 1.50. The van der Waals surface area contributed by atoms with Crippen molar-refractivity contribution >= 4 is 12.7 Å². The quantitative estimate of drug-likeness (QED) is 0.543. The van der Waals surface area contributed by atoms with Gasteiger partial charge in [-0.1, -0.05) is 26.0 Å². The van der Waals surface area contributed by atoms with Crippen LogP contribution in [0.3, 0.4) is 0 Å². The van der Waals surface area contributed by atoms with Crippen LogP contribution in [-0.2, 0) is 0 Å². The Balaban J connectivity index is 2.88. The van der Waals surface area contributed by atoms with Gasteiger partial charge >= 0.3 is 6.92 Å². The summed E-state index contributed by atoms with van der Waals surface area (Å²) >= 11 is 0. The molecule has 3 heteroatoms. The Morgan fingerprint density at radius 2 is 1.87 bits per heavy atom. The molecule has 0 N–H and O–H groups in total. The number of rotatable bonds is 5. The van der Waals surface area contributed by atoms with Gasteiger partial charge in [0.05, 0.1) is 5.56 Å². The van der Waals surface area contributed by atoms with Crippen molar-refractivity contribution in [2.45, 2.75) is 33.4 Å². The van der Waals surface area contributed by atoms with Crippen molar-refractivity contribution in [1.29, 1.82) is 0 Å². The highest BCUT2D eigenvalue weighted by Crippen LogP contribution is 2.20. The first-order chi connectivity index (χ1) is 7.19. The SMILES string of the molecule is CCB(CC)Oc1ccccc1C(C)=O. The van der Waals surface area contributed by atoms with Crippen molar-refractivity contribution in [2.24, 2.45) is 0 Å². The van der Waals surface area contributed by atoms with Crippen molar-refractivity contribution in [1.82, 2.24) is 0 Å². The number of carbonyl (C=O) groups is 1. The van der Waals surface area contributed by atoms with Gasteiger partial charge in [0.25, 0.3) is 0 Å². The summed E-state index contributed by atoms with van der Waals surface area (Å²) in [5.41, 5.74) is 0.671. The maximum Gasteiger partial charge on any atom is 0.357 e. The lowest BCUT2D eigenvalue weighted by Gasteiger charge is -2.14. The third-order valence-corrected chi connectivity index (χ3v) is 2.47. The van der Waals surface area contributed by atoms with E-state index in [0.717, 1.165) is 12.6 Å². The van der Waals surface area contributed by atoms with Crippen LogP contribution in [0.1, 0.15) is 31.1 Å². The first-order valence-electron chi connectivity index (χ1n) is 5.45. The Morgan fingerprint density at radius 3 is 2.40 bits per heavy atom. The molecule has 15 heavy (non-hydrogen) atoms. The second-order valence-electron chi connectivity index (χ2n) is 3.61. The monoisotopic (exact) mass is 204 g/mol. The summed E-state index contributed by atoms with van der Waals surface area (Å²) in [7, 11) is 0.